The van der Waals surface area contributed by atoms with Crippen molar-refractivity contribution in [1.29, 1.82) is 0 Å². The van der Waals surface area contributed by atoms with Crippen LogP contribution in [0.5, 0.6) is 0 Å². The molecule has 0 spiro atoms. The maximum Gasteiger partial charge on any atom is 0.251 e. The highest BCUT2D eigenvalue weighted by atomic mass is 32.2. The first-order valence-electron chi connectivity index (χ1n) is 10.8. The Morgan fingerprint density at radius 3 is 2.48 bits per heavy atom. The van der Waals surface area contributed by atoms with Crippen molar-refractivity contribution in [3.8, 4) is 0 Å². The molecule has 0 bridgehead atoms. The van der Waals surface area contributed by atoms with Crippen LogP contribution in [0, 0.1) is 13.8 Å². The summed E-state index contributed by atoms with van der Waals surface area (Å²) in [5.74, 6) is -0.677. The number of Topliss-reactive ketones (excluding diaryl/α,β-unsaturated/α-hetero) is 1. The van der Waals surface area contributed by atoms with Crippen LogP contribution in [-0.4, -0.2) is 45.0 Å². The zero-order chi connectivity index (χ0) is 23.6. The molecule has 4 rings (SSSR count). The van der Waals surface area contributed by atoms with Crippen LogP contribution in [0.25, 0.3) is 0 Å². The van der Waals surface area contributed by atoms with E-state index in [9.17, 15) is 13.6 Å². The van der Waals surface area contributed by atoms with E-state index in [-0.39, 0.29) is 31.7 Å². The van der Waals surface area contributed by atoms with Crippen molar-refractivity contribution in [1.82, 2.24) is 20.2 Å². The van der Waals surface area contributed by atoms with E-state index >= 15 is 0 Å². The third-order valence-electron chi connectivity index (χ3n) is 5.43. The summed E-state index contributed by atoms with van der Waals surface area (Å²) in [7, 11) is 0. The molecule has 3 aromatic rings. The minimum atomic E-state index is -2.63. The molecule has 1 aliphatic heterocycles. The molecule has 10 heteroatoms. The van der Waals surface area contributed by atoms with Crippen LogP contribution in [-0.2, 0) is 11.2 Å². The van der Waals surface area contributed by atoms with Gasteiger partial charge in [-0.05, 0) is 50.2 Å². The van der Waals surface area contributed by atoms with Gasteiger partial charge in [0.15, 0.2) is 11.0 Å². The van der Waals surface area contributed by atoms with Crippen molar-refractivity contribution < 1.29 is 13.6 Å². The Labute approximate surface area is 195 Å². The topological polar surface area (TPSA) is 86.8 Å². The summed E-state index contributed by atoms with van der Waals surface area (Å²) >= 11 is 1.38. The number of carbonyl (C=O) groups excluding carboxylic acids is 1. The number of carbonyl (C=O) groups is 1. The number of ketones is 1. The van der Waals surface area contributed by atoms with Crippen LogP contribution in [0.3, 0.4) is 0 Å². The number of piperidine rings is 1. The third-order valence-corrected chi connectivity index (χ3v) is 6.31. The van der Waals surface area contributed by atoms with Crippen molar-refractivity contribution in [3.63, 3.8) is 0 Å². The Balaban J connectivity index is 1.63. The van der Waals surface area contributed by atoms with Gasteiger partial charge >= 0.3 is 0 Å². The maximum absolute atomic E-state index is 13.7. The Bertz CT molecular complexity index is 1140. The predicted octanol–water partition coefficient (Wildman–Crippen LogP) is 5.08. The molecule has 2 N–H and O–H groups in total. The van der Waals surface area contributed by atoms with Crippen molar-refractivity contribution in [2.45, 2.75) is 56.0 Å². The average molecular weight is 473 g/mol. The molecule has 0 saturated carbocycles. The molecular formula is C23H26F2N6OS. The minimum Gasteiger partial charge on any atom is -0.356 e. The Morgan fingerprint density at radius 1 is 1.18 bits per heavy atom. The van der Waals surface area contributed by atoms with E-state index in [0.29, 0.717) is 29.0 Å². The number of halogens is 2. The molecule has 1 saturated heterocycles. The number of nitrogens with zero attached hydrogens (tertiary/aromatic N) is 4. The quantitative estimate of drug-likeness (QED) is 0.464. The summed E-state index contributed by atoms with van der Waals surface area (Å²) in [6.45, 7) is 5.82. The summed E-state index contributed by atoms with van der Waals surface area (Å²) in [5, 5.41) is 10.8. The maximum atomic E-state index is 13.7. The van der Waals surface area contributed by atoms with Crippen molar-refractivity contribution in [2.75, 3.05) is 23.3 Å². The largest absolute Gasteiger partial charge is 0.356 e. The van der Waals surface area contributed by atoms with Crippen LogP contribution < -0.4 is 10.2 Å². The summed E-state index contributed by atoms with van der Waals surface area (Å²) in [6, 6.07) is 9.55. The van der Waals surface area contributed by atoms with E-state index in [1.54, 1.807) is 6.92 Å². The summed E-state index contributed by atoms with van der Waals surface area (Å²) in [4.78, 5) is 23.6. The standard InChI is InChI=1S/C23H26F2N6OS/c1-14-12-19(30-29-14)26-20-16(3)21(31-10-8-23(24,25)9-11-31)28-22(27-20)33-18-6-4-17(5-7-18)13-15(2)32/h4-7,12H,8-11,13H2,1-3H3,(H2,26,27,28,29,30). The van der Waals surface area contributed by atoms with Gasteiger partial charge in [0.25, 0.3) is 5.92 Å². The molecule has 0 amide bonds. The van der Waals surface area contributed by atoms with Crippen LogP contribution >= 0.6 is 11.8 Å². The number of aryl methyl sites for hydroxylation is 1. The molecular weight excluding hydrogens is 446 g/mol. The number of aromatic nitrogens is 4. The second-order valence-electron chi connectivity index (χ2n) is 8.33. The number of aromatic amines is 1. The molecule has 0 atom stereocenters. The van der Waals surface area contributed by atoms with Gasteiger partial charge in [-0.1, -0.05) is 12.1 Å². The predicted molar refractivity (Wildman–Crippen MR) is 125 cm³/mol. The van der Waals surface area contributed by atoms with E-state index in [0.717, 1.165) is 21.7 Å². The number of hydrogen-bond donors (Lipinski definition) is 2. The highest BCUT2D eigenvalue weighted by Crippen LogP contribution is 2.35. The second kappa shape index (κ2) is 9.46. The molecule has 1 fully saturated rings. The van der Waals surface area contributed by atoms with E-state index in [1.807, 2.05) is 49.1 Å². The molecule has 7 nitrogen and oxygen atoms in total. The Morgan fingerprint density at radius 2 is 1.88 bits per heavy atom. The van der Waals surface area contributed by atoms with Crippen molar-refractivity contribution in [3.05, 3.63) is 47.2 Å². The van der Waals surface area contributed by atoms with Gasteiger partial charge < -0.3 is 10.2 Å². The van der Waals surface area contributed by atoms with Gasteiger partial charge in [0.05, 0.1) is 0 Å². The molecule has 1 aliphatic rings. The monoisotopic (exact) mass is 472 g/mol. The fourth-order valence-corrected chi connectivity index (χ4v) is 4.43. The molecule has 2 aromatic heterocycles. The first kappa shape index (κ1) is 23.2. The lowest BCUT2D eigenvalue weighted by Gasteiger charge is -2.33. The van der Waals surface area contributed by atoms with Gasteiger partial charge in [-0.3, -0.25) is 9.89 Å². The van der Waals surface area contributed by atoms with Gasteiger partial charge in [0.2, 0.25) is 0 Å². The third kappa shape index (κ3) is 5.87. The average Bonchev–Trinajstić information content (AvgIpc) is 3.16. The SMILES string of the molecule is CC(=O)Cc1ccc(Sc2nc(Nc3cc(C)[nH]n3)c(C)c(N3CCC(F)(F)CC3)n2)cc1. The van der Waals surface area contributed by atoms with E-state index in [4.69, 9.17) is 4.98 Å². The van der Waals surface area contributed by atoms with Gasteiger partial charge in [0, 0.05) is 54.6 Å². The van der Waals surface area contributed by atoms with Gasteiger partial charge in [-0.15, -0.1) is 0 Å². The summed E-state index contributed by atoms with van der Waals surface area (Å²) < 4.78 is 27.5. The fourth-order valence-electron chi connectivity index (χ4n) is 3.68. The number of nitrogens with one attached hydrogen (secondary N) is 2. The Kier molecular flexibility index (Phi) is 6.64. The normalized spacial score (nSPS) is 15.5. The zero-order valence-corrected chi connectivity index (χ0v) is 19.6. The summed E-state index contributed by atoms with van der Waals surface area (Å²) in [6.07, 6.45) is 0.00256. The lowest BCUT2D eigenvalue weighted by molar-refractivity contribution is -0.116. The smallest absolute Gasteiger partial charge is 0.251 e. The van der Waals surface area contributed by atoms with Gasteiger partial charge in [0.1, 0.15) is 17.4 Å². The lowest BCUT2D eigenvalue weighted by Crippen LogP contribution is -2.40. The van der Waals surface area contributed by atoms with Crippen molar-refractivity contribution in [2.24, 2.45) is 0 Å². The Hall–Kier alpha value is -3.01. The first-order valence-corrected chi connectivity index (χ1v) is 11.6. The minimum absolute atomic E-state index is 0.110. The molecule has 33 heavy (non-hydrogen) atoms. The number of rotatable bonds is 7. The number of alkyl halides is 2. The van der Waals surface area contributed by atoms with E-state index < -0.39 is 5.92 Å². The van der Waals surface area contributed by atoms with E-state index in [2.05, 4.69) is 20.5 Å². The van der Waals surface area contributed by atoms with Crippen LogP contribution in [0.1, 0.15) is 36.6 Å². The molecule has 3 heterocycles. The number of benzene rings is 1. The van der Waals surface area contributed by atoms with Crippen LogP contribution in [0.15, 0.2) is 40.4 Å². The van der Waals surface area contributed by atoms with Gasteiger partial charge in [-0.2, -0.15) is 5.10 Å². The number of H-pyrrole nitrogens is 1. The molecule has 0 radical (unpaired) electrons. The first-order chi connectivity index (χ1) is 15.7. The van der Waals surface area contributed by atoms with E-state index in [1.165, 1.54) is 11.8 Å². The number of hydrogen-bond acceptors (Lipinski definition) is 7. The molecule has 0 unspecified atom stereocenters. The lowest BCUT2D eigenvalue weighted by atomic mass is 10.1. The second-order valence-corrected chi connectivity index (χ2v) is 9.37. The van der Waals surface area contributed by atoms with Crippen LogP contribution in [0.2, 0.25) is 0 Å². The fraction of sp³-hybridized carbons (Fsp3) is 0.391. The molecule has 0 aliphatic carbocycles. The van der Waals surface area contributed by atoms with Crippen LogP contribution in [0.4, 0.5) is 26.2 Å². The van der Waals surface area contributed by atoms with Crippen molar-refractivity contribution >= 4 is 35.0 Å². The van der Waals surface area contributed by atoms with Gasteiger partial charge in [-0.25, -0.2) is 18.7 Å². The molecule has 1 aromatic carbocycles. The highest BCUT2D eigenvalue weighted by Gasteiger charge is 2.35. The molecule has 174 valence electrons. The summed E-state index contributed by atoms with van der Waals surface area (Å²) in [5.41, 5.74) is 2.63. The number of anilines is 3. The highest BCUT2D eigenvalue weighted by molar-refractivity contribution is 7.99. The zero-order valence-electron chi connectivity index (χ0n) is 18.8.